The topological polar surface area (TPSA) is 21.7 Å². The van der Waals surface area contributed by atoms with E-state index in [-0.39, 0.29) is 12.2 Å². The van der Waals surface area contributed by atoms with Crippen LogP contribution in [0.3, 0.4) is 0 Å². The van der Waals surface area contributed by atoms with E-state index in [1.165, 1.54) is 5.56 Å². The minimum absolute atomic E-state index is 0.283. The molecule has 0 radical (unpaired) electrons. The number of nitrogens with zero attached hydrogens (tertiary/aromatic N) is 1. The smallest absolute Gasteiger partial charge is 0.133 e. The lowest BCUT2D eigenvalue weighted by molar-refractivity contribution is -0.0678. The largest absolute Gasteiger partial charge is 0.496 e. The Kier molecular flexibility index (Phi) is 5.69. The van der Waals surface area contributed by atoms with Crippen molar-refractivity contribution >= 4 is 31.9 Å². The third-order valence-electron chi connectivity index (χ3n) is 3.20. The van der Waals surface area contributed by atoms with Gasteiger partial charge in [-0.3, -0.25) is 4.90 Å². The van der Waals surface area contributed by atoms with Crippen LogP contribution in [0.25, 0.3) is 0 Å². The highest BCUT2D eigenvalue weighted by Crippen LogP contribution is 2.26. The molecule has 0 aliphatic carbocycles. The summed E-state index contributed by atoms with van der Waals surface area (Å²) in [6.45, 7) is 5.03. The molecule has 2 atom stereocenters. The van der Waals surface area contributed by atoms with Crippen molar-refractivity contribution in [1.82, 2.24) is 4.90 Å². The fraction of sp³-hybridized carbons (Fsp3) is 0.571. The van der Waals surface area contributed by atoms with Crippen LogP contribution in [0, 0.1) is 0 Å². The van der Waals surface area contributed by atoms with Gasteiger partial charge < -0.3 is 9.47 Å². The first-order valence-electron chi connectivity index (χ1n) is 6.38. The minimum Gasteiger partial charge on any atom is -0.496 e. The number of ether oxygens (including phenoxy) is 2. The van der Waals surface area contributed by atoms with Crippen molar-refractivity contribution in [1.29, 1.82) is 0 Å². The second kappa shape index (κ2) is 7.07. The fourth-order valence-corrected chi connectivity index (χ4v) is 3.37. The van der Waals surface area contributed by atoms with E-state index in [2.05, 4.69) is 55.8 Å². The molecule has 1 aliphatic heterocycles. The van der Waals surface area contributed by atoms with Crippen LogP contribution in [0.5, 0.6) is 5.75 Å². The zero-order valence-corrected chi connectivity index (χ0v) is 14.4. The zero-order valence-electron chi connectivity index (χ0n) is 11.2. The van der Waals surface area contributed by atoms with E-state index in [0.29, 0.717) is 0 Å². The molecule has 2 rings (SSSR count). The van der Waals surface area contributed by atoms with Crippen LogP contribution in [0.4, 0.5) is 0 Å². The first-order valence-corrected chi connectivity index (χ1v) is 8.30. The summed E-state index contributed by atoms with van der Waals surface area (Å²) in [4.78, 5) is 2.44. The van der Waals surface area contributed by atoms with Gasteiger partial charge in [-0.15, -0.1) is 0 Å². The Labute approximate surface area is 131 Å². The SMILES string of the molecule is COc1ccc(CN2CC(C)OC(CBr)C2)cc1Br. The van der Waals surface area contributed by atoms with Crippen LogP contribution >= 0.6 is 31.9 Å². The van der Waals surface area contributed by atoms with Crippen LogP contribution in [0.2, 0.25) is 0 Å². The number of hydrogen-bond donors (Lipinski definition) is 0. The number of hydrogen-bond acceptors (Lipinski definition) is 3. The second-order valence-electron chi connectivity index (χ2n) is 4.89. The molecule has 0 aromatic heterocycles. The molecule has 0 spiro atoms. The highest BCUT2D eigenvalue weighted by Gasteiger charge is 2.24. The number of halogens is 2. The maximum Gasteiger partial charge on any atom is 0.133 e. The average molecular weight is 393 g/mol. The summed E-state index contributed by atoms with van der Waals surface area (Å²) >= 11 is 7.04. The Morgan fingerprint density at radius 1 is 1.42 bits per heavy atom. The van der Waals surface area contributed by atoms with Gasteiger partial charge in [-0.05, 0) is 40.5 Å². The van der Waals surface area contributed by atoms with Gasteiger partial charge in [0, 0.05) is 25.0 Å². The monoisotopic (exact) mass is 391 g/mol. The molecule has 5 heteroatoms. The molecule has 1 aromatic carbocycles. The first-order chi connectivity index (χ1) is 9.12. The van der Waals surface area contributed by atoms with Crippen LogP contribution in [0.1, 0.15) is 12.5 Å². The van der Waals surface area contributed by atoms with Gasteiger partial charge in [0.2, 0.25) is 0 Å². The maximum atomic E-state index is 5.85. The van der Waals surface area contributed by atoms with E-state index >= 15 is 0 Å². The molecule has 0 N–H and O–H groups in total. The Morgan fingerprint density at radius 2 is 2.21 bits per heavy atom. The van der Waals surface area contributed by atoms with Crippen LogP contribution in [-0.4, -0.2) is 42.6 Å². The normalized spacial score (nSPS) is 24.4. The summed E-state index contributed by atoms with van der Waals surface area (Å²) in [7, 11) is 1.68. The Morgan fingerprint density at radius 3 is 2.84 bits per heavy atom. The zero-order chi connectivity index (χ0) is 13.8. The molecular weight excluding hydrogens is 374 g/mol. The Hall–Kier alpha value is -0.100. The third-order valence-corrected chi connectivity index (χ3v) is 4.54. The van der Waals surface area contributed by atoms with Crippen molar-refractivity contribution in [3.8, 4) is 5.75 Å². The molecule has 0 bridgehead atoms. The maximum absolute atomic E-state index is 5.85. The van der Waals surface area contributed by atoms with Gasteiger partial charge in [0.25, 0.3) is 0 Å². The van der Waals surface area contributed by atoms with Crippen molar-refractivity contribution < 1.29 is 9.47 Å². The fourth-order valence-electron chi connectivity index (χ4n) is 2.42. The van der Waals surface area contributed by atoms with E-state index in [9.17, 15) is 0 Å². The summed E-state index contributed by atoms with van der Waals surface area (Å²) in [5.41, 5.74) is 1.29. The molecule has 1 heterocycles. The summed E-state index contributed by atoms with van der Waals surface area (Å²) in [5.74, 6) is 0.873. The Balaban J connectivity index is 2.02. The second-order valence-corrected chi connectivity index (χ2v) is 6.39. The summed E-state index contributed by atoms with van der Waals surface area (Å²) < 4.78 is 12.1. The highest BCUT2D eigenvalue weighted by molar-refractivity contribution is 9.10. The molecule has 1 aromatic rings. The van der Waals surface area contributed by atoms with Gasteiger partial charge in [0.05, 0.1) is 23.8 Å². The van der Waals surface area contributed by atoms with Gasteiger partial charge in [-0.25, -0.2) is 0 Å². The number of alkyl halides is 1. The average Bonchev–Trinajstić information content (AvgIpc) is 2.38. The van der Waals surface area contributed by atoms with Gasteiger partial charge in [0.1, 0.15) is 5.75 Å². The summed E-state index contributed by atoms with van der Waals surface area (Å²) in [5, 5.41) is 0.889. The summed E-state index contributed by atoms with van der Waals surface area (Å²) in [6, 6.07) is 6.25. The van der Waals surface area contributed by atoms with Gasteiger partial charge in [-0.1, -0.05) is 22.0 Å². The number of methoxy groups -OCH3 is 1. The first kappa shape index (κ1) is 15.3. The van der Waals surface area contributed by atoms with Gasteiger partial charge >= 0.3 is 0 Å². The van der Waals surface area contributed by atoms with Crippen LogP contribution in [-0.2, 0) is 11.3 Å². The number of rotatable bonds is 4. The third kappa shape index (κ3) is 4.18. The molecule has 1 saturated heterocycles. The van der Waals surface area contributed by atoms with Gasteiger partial charge in [-0.2, -0.15) is 0 Å². The van der Waals surface area contributed by atoms with Crippen molar-refractivity contribution in [3.63, 3.8) is 0 Å². The molecule has 0 saturated carbocycles. The van der Waals surface area contributed by atoms with Crippen LogP contribution < -0.4 is 4.74 Å². The van der Waals surface area contributed by atoms with Crippen molar-refractivity contribution in [2.45, 2.75) is 25.7 Å². The molecule has 3 nitrogen and oxygen atoms in total. The van der Waals surface area contributed by atoms with E-state index in [1.807, 2.05) is 6.07 Å². The molecule has 1 fully saturated rings. The molecule has 2 unspecified atom stereocenters. The number of morpholine rings is 1. The summed E-state index contributed by atoms with van der Waals surface area (Å²) in [6.07, 6.45) is 0.573. The van der Waals surface area contributed by atoms with E-state index < -0.39 is 0 Å². The van der Waals surface area contributed by atoms with E-state index in [1.54, 1.807) is 7.11 Å². The predicted molar refractivity (Wildman–Crippen MR) is 84.1 cm³/mol. The highest BCUT2D eigenvalue weighted by atomic mass is 79.9. The van der Waals surface area contributed by atoms with Crippen molar-refractivity contribution in [2.24, 2.45) is 0 Å². The van der Waals surface area contributed by atoms with Crippen molar-refractivity contribution in [3.05, 3.63) is 28.2 Å². The Bertz CT molecular complexity index is 428. The van der Waals surface area contributed by atoms with Crippen molar-refractivity contribution in [2.75, 3.05) is 25.5 Å². The van der Waals surface area contributed by atoms with E-state index in [4.69, 9.17) is 9.47 Å². The quantitative estimate of drug-likeness (QED) is 0.732. The lowest BCUT2D eigenvalue weighted by Crippen LogP contribution is -2.46. The molecular formula is C14H19Br2NO2. The molecule has 1 aliphatic rings. The lowest BCUT2D eigenvalue weighted by Gasteiger charge is -2.36. The van der Waals surface area contributed by atoms with Crippen LogP contribution in [0.15, 0.2) is 22.7 Å². The molecule has 106 valence electrons. The minimum atomic E-state index is 0.283. The predicted octanol–water partition coefficient (Wildman–Crippen LogP) is 3.44. The number of benzene rings is 1. The molecule has 0 amide bonds. The van der Waals surface area contributed by atoms with E-state index in [0.717, 1.165) is 35.2 Å². The lowest BCUT2D eigenvalue weighted by atomic mass is 10.1. The van der Waals surface area contributed by atoms with Gasteiger partial charge in [0.15, 0.2) is 0 Å². The molecule has 19 heavy (non-hydrogen) atoms. The standard InChI is InChI=1S/C14H19Br2NO2/c1-10-7-17(9-12(6-15)19-10)8-11-3-4-14(18-2)13(16)5-11/h3-5,10,12H,6-9H2,1-2H3.